The maximum atomic E-state index is 2.37. The molecular weight excluding hydrogens is 695 g/mol. The van der Waals surface area contributed by atoms with Crippen LogP contribution >= 0.6 is 11.3 Å². The molecule has 0 N–H and O–H groups in total. The largest absolute Gasteiger partial charge is 0.311 e. The van der Waals surface area contributed by atoms with Gasteiger partial charge in [0.2, 0.25) is 0 Å². The summed E-state index contributed by atoms with van der Waals surface area (Å²) in [7, 11) is 0. The molecule has 264 valence electrons. The van der Waals surface area contributed by atoms with Gasteiger partial charge in [-0.05, 0) is 122 Å². The molecule has 0 aliphatic carbocycles. The number of hydrogen-bond donors (Lipinski definition) is 0. The van der Waals surface area contributed by atoms with Crippen molar-refractivity contribution in [3.05, 3.63) is 224 Å². The summed E-state index contributed by atoms with van der Waals surface area (Å²) in [5, 5.41) is 2.62. The molecular formula is C54H37NS. The van der Waals surface area contributed by atoms with Crippen molar-refractivity contribution in [1.82, 2.24) is 0 Å². The van der Waals surface area contributed by atoms with Crippen molar-refractivity contribution in [2.45, 2.75) is 0 Å². The van der Waals surface area contributed by atoms with E-state index in [1.165, 1.54) is 75.8 Å². The van der Waals surface area contributed by atoms with Crippen molar-refractivity contribution in [2.24, 2.45) is 0 Å². The maximum Gasteiger partial charge on any atom is 0.0462 e. The second-order valence-corrected chi connectivity index (χ2v) is 15.3. The highest BCUT2D eigenvalue weighted by Crippen LogP contribution is 2.40. The van der Waals surface area contributed by atoms with Crippen molar-refractivity contribution < 1.29 is 0 Å². The van der Waals surface area contributed by atoms with Crippen molar-refractivity contribution in [3.63, 3.8) is 0 Å². The topological polar surface area (TPSA) is 3.24 Å². The third kappa shape index (κ3) is 6.57. The molecule has 0 bridgehead atoms. The first-order chi connectivity index (χ1) is 27.7. The molecule has 0 saturated heterocycles. The molecule has 1 aromatic heterocycles. The van der Waals surface area contributed by atoms with E-state index in [-0.39, 0.29) is 0 Å². The summed E-state index contributed by atoms with van der Waals surface area (Å²) in [6.45, 7) is 0. The van der Waals surface area contributed by atoms with Crippen molar-refractivity contribution in [1.29, 1.82) is 0 Å². The minimum atomic E-state index is 1.11. The lowest BCUT2D eigenvalue weighted by Crippen LogP contribution is -2.09. The summed E-state index contributed by atoms with van der Waals surface area (Å²) >= 11 is 1.86. The van der Waals surface area contributed by atoms with Crippen LogP contribution in [0.1, 0.15) is 0 Å². The van der Waals surface area contributed by atoms with Gasteiger partial charge in [0, 0.05) is 37.2 Å². The molecule has 0 aliphatic rings. The van der Waals surface area contributed by atoms with Gasteiger partial charge in [0.05, 0.1) is 0 Å². The molecule has 10 rings (SSSR count). The van der Waals surface area contributed by atoms with Crippen LogP contribution in [0.4, 0.5) is 17.1 Å². The first-order valence-corrected chi connectivity index (χ1v) is 19.9. The predicted octanol–water partition coefficient (Wildman–Crippen LogP) is 15.9. The Bertz CT molecular complexity index is 2830. The monoisotopic (exact) mass is 731 g/mol. The highest BCUT2D eigenvalue weighted by atomic mass is 32.1. The highest BCUT2D eigenvalue weighted by Gasteiger charge is 2.15. The zero-order chi connectivity index (χ0) is 37.3. The maximum absolute atomic E-state index is 2.37. The molecule has 1 heterocycles. The van der Waals surface area contributed by atoms with Gasteiger partial charge in [0.15, 0.2) is 0 Å². The first kappa shape index (κ1) is 33.6. The molecule has 56 heavy (non-hydrogen) atoms. The average molecular weight is 732 g/mol. The zero-order valence-electron chi connectivity index (χ0n) is 30.7. The standard InChI is InChI=1S/C54H37NS/c1-4-11-38(12-5-1)41-19-27-48(28-20-41)55(49-29-21-42(22-30-49)39-13-6-2-7-14-39)50-31-23-43(24-32-50)44-17-10-18-45(35-44)47-26-34-54-52(37-47)51-36-46(25-33-53(51)56-54)40-15-8-3-9-16-40/h1-37H. The van der Waals surface area contributed by atoms with E-state index in [1.54, 1.807) is 0 Å². The Hall–Kier alpha value is -7.00. The fourth-order valence-corrected chi connectivity index (χ4v) is 8.83. The molecule has 0 amide bonds. The van der Waals surface area contributed by atoms with Gasteiger partial charge in [-0.2, -0.15) is 0 Å². The Morgan fingerprint density at radius 3 is 0.946 bits per heavy atom. The van der Waals surface area contributed by atoms with Crippen LogP contribution in [-0.4, -0.2) is 0 Å². The van der Waals surface area contributed by atoms with Gasteiger partial charge < -0.3 is 4.90 Å². The molecule has 0 saturated carbocycles. The summed E-state index contributed by atoms with van der Waals surface area (Å²) in [6, 6.07) is 81.2. The van der Waals surface area contributed by atoms with Crippen molar-refractivity contribution in [2.75, 3.05) is 4.90 Å². The molecule has 0 spiro atoms. The number of thiophene rings is 1. The fourth-order valence-electron chi connectivity index (χ4n) is 7.76. The summed E-state index contributed by atoms with van der Waals surface area (Å²) in [4.78, 5) is 2.34. The Morgan fingerprint density at radius 2 is 0.518 bits per heavy atom. The summed E-state index contributed by atoms with van der Waals surface area (Å²) in [5.74, 6) is 0. The van der Waals surface area contributed by atoms with Crippen LogP contribution in [0.2, 0.25) is 0 Å². The molecule has 1 nitrogen and oxygen atoms in total. The lowest BCUT2D eigenvalue weighted by molar-refractivity contribution is 1.28. The molecule has 2 heteroatoms. The van der Waals surface area contributed by atoms with E-state index in [0.717, 1.165) is 17.1 Å². The second-order valence-electron chi connectivity index (χ2n) is 14.2. The van der Waals surface area contributed by atoms with E-state index in [9.17, 15) is 0 Å². The number of fused-ring (bicyclic) bond motifs is 3. The number of nitrogens with zero attached hydrogens (tertiary/aromatic N) is 1. The van der Waals surface area contributed by atoms with Gasteiger partial charge in [0.25, 0.3) is 0 Å². The van der Waals surface area contributed by atoms with E-state index >= 15 is 0 Å². The number of benzene rings is 9. The number of anilines is 3. The van der Waals surface area contributed by atoms with Crippen LogP contribution < -0.4 is 4.90 Å². The summed E-state index contributed by atoms with van der Waals surface area (Å²) < 4.78 is 2.63. The van der Waals surface area contributed by atoms with Gasteiger partial charge >= 0.3 is 0 Å². The summed E-state index contributed by atoms with van der Waals surface area (Å²) in [6.07, 6.45) is 0. The third-order valence-corrected chi connectivity index (χ3v) is 11.8. The molecule has 9 aromatic carbocycles. The fraction of sp³-hybridized carbons (Fsp3) is 0. The molecule has 0 aliphatic heterocycles. The van der Waals surface area contributed by atoms with Crippen LogP contribution in [0.5, 0.6) is 0 Å². The smallest absolute Gasteiger partial charge is 0.0462 e. The summed E-state index contributed by atoms with van der Waals surface area (Å²) in [5.41, 5.74) is 15.5. The van der Waals surface area contributed by atoms with Crippen LogP contribution in [-0.2, 0) is 0 Å². The minimum absolute atomic E-state index is 1.11. The van der Waals surface area contributed by atoms with Gasteiger partial charge in [0.1, 0.15) is 0 Å². The van der Waals surface area contributed by atoms with Gasteiger partial charge in [-0.1, -0.05) is 158 Å². The third-order valence-electron chi connectivity index (χ3n) is 10.7. The molecule has 10 aromatic rings. The Kier molecular flexibility index (Phi) is 8.79. The van der Waals surface area contributed by atoms with E-state index in [4.69, 9.17) is 0 Å². The zero-order valence-corrected chi connectivity index (χ0v) is 31.5. The second kappa shape index (κ2) is 14.7. The van der Waals surface area contributed by atoms with Crippen LogP contribution in [0, 0.1) is 0 Å². The SMILES string of the molecule is c1ccc(-c2ccc(N(c3ccc(-c4ccccc4)cc3)c3ccc(-c4cccc(-c5ccc6sc7ccc(-c8ccccc8)cc7c6c5)c4)cc3)cc2)cc1. The Labute approximate surface area is 332 Å². The van der Waals surface area contributed by atoms with Crippen LogP contribution in [0.3, 0.4) is 0 Å². The molecule has 0 radical (unpaired) electrons. The van der Waals surface area contributed by atoms with Gasteiger partial charge in [-0.3, -0.25) is 0 Å². The van der Waals surface area contributed by atoms with Crippen molar-refractivity contribution >= 4 is 48.6 Å². The van der Waals surface area contributed by atoms with E-state index in [0.29, 0.717) is 0 Å². The molecule has 0 unspecified atom stereocenters. The lowest BCUT2D eigenvalue weighted by Gasteiger charge is -2.26. The first-order valence-electron chi connectivity index (χ1n) is 19.1. The number of rotatable bonds is 8. The quantitative estimate of drug-likeness (QED) is 0.150. The average Bonchev–Trinajstić information content (AvgIpc) is 3.65. The number of hydrogen-bond acceptors (Lipinski definition) is 2. The Balaban J connectivity index is 0.979. The van der Waals surface area contributed by atoms with Crippen LogP contribution in [0.25, 0.3) is 75.8 Å². The molecule has 0 atom stereocenters. The van der Waals surface area contributed by atoms with Gasteiger partial charge in [-0.15, -0.1) is 11.3 Å². The van der Waals surface area contributed by atoms with Gasteiger partial charge in [-0.25, -0.2) is 0 Å². The predicted molar refractivity (Wildman–Crippen MR) is 241 cm³/mol. The lowest BCUT2D eigenvalue weighted by atomic mass is 9.97. The van der Waals surface area contributed by atoms with E-state index in [2.05, 4.69) is 229 Å². The normalized spacial score (nSPS) is 11.2. The van der Waals surface area contributed by atoms with Crippen LogP contribution in [0.15, 0.2) is 224 Å². The molecule has 0 fully saturated rings. The van der Waals surface area contributed by atoms with E-state index in [1.807, 2.05) is 11.3 Å². The van der Waals surface area contributed by atoms with E-state index < -0.39 is 0 Å². The highest BCUT2D eigenvalue weighted by molar-refractivity contribution is 7.25. The van der Waals surface area contributed by atoms with Crippen molar-refractivity contribution in [3.8, 4) is 55.6 Å². The Morgan fingerprint density at radius 1 is 0.232 bits per heavy atom. The minimum Gasteiger partial charge on any atom is -0.311 e.